The third-order valence-electron chi connectivity index (χ3n) is 2.06. The molecule has 0 bridgehead atoms. The van der Waals surface area contributed by atoms with Crippen LogP contribution in [-0.4, -0.2) is 24.2 Å². The van der Waals surface area contributed by atoms with Crippen molar-refractivity contribution in [1.82, 2.24) is 10.3 Å². The van der Waals surface area contributed by atoms with Gasteiger partial charge in [-0.05, 0) is 41.6 Å². The first-order valence-corrected chi connectivity index (χ1v) is 5.39. The summed E-state index contributed by atoms with van der Waals surface area (Å²) in [5.74, 6) is 0.862. The summed E-state index contributed by atoms with van der Waals surface area (Å²) in [6.45, 7) is 1.88. The second-order valence-electron chi connectivity index (χ2n) is 3.09. The van der Waals surface area contributed by atoms with Gasteiger partial charge in [-0.15, -0.1) is 0 Å². The van der Waals surface area contributed by atoms with Crippen molar-refractivity contribution in [2.75, 3.05) is 13.2 Å². The minimum absolute atomic E-state index is 0.540. The summed E-state index contributed by atoms with van der Waals surface area (Å²) in [4.78, 5) is 4.05. The van der Waals surface area contributed by atoms with Crippen molar-refractivity contribution in [2.45, 2.75) is 12.5 Å². The van der Waals surface area contributed by atoms with Crippen LogP contribution < -0.4 is 10.1 Å². The van der Waals surface area contributed by atoms with Crippen molar-refractivity contribution < 1.29 is 4.74 Å². The van der Waals surface area contributed by atoms with E-state index in [2.05, 4.69) is 32.9 Å². The lowest BCUT2D eigenvalue weighted by molar-refractivity contribution is 0.217. The monoisotopic (exact) mass is 288 g/mol. The van der Waals surface area contributed by atoms with Gasteiger partial charge in [-0.25, -0.2) is 0 Å². The maximum Gasteiger partial charge on any atom is 0.138 e. The molecule has 0 unspecified atom stereocenters. The first-order chi connectivity index (χ1) is 6.34. The molecule has 2 heterocycles. The standard InChI is InChI=1S/C9H11IN2O/c10-7-3-9(5-11-4-7)13-6-8-1-2-12-8/h3-5,8,12H,1-2,6H2/t8-/m0/s1/i10-2. The van der Waals surface area contributed by atoms with Gasteiger partial charge in [0.1, 0.15) is 12.4 Å². The Morgan fingerprint density at radius 3 is 3.08 bits per heavy atom. The van der Waals surface area contributed by atoms with Gasteiger partial charge >= 0.3 is 0 Å². The highest BCUT2D eigenvalue weighted by atomic mass is 125. The van der Waals surface area contributed by atoms with Crippen molar-refractivity contribution in [3.05, 3.63) is 22.0 Å². The van der Waals surface area contributed by atoms with Gasteiger partial charge in [-0.3, -0.25) is 4.98 Å². The van der Waals surface area contributed by atoms with E-state index >= 15 is 0 Å². The molecule has 2 rings (SSSR count). The Kier molecular flexibility index (Phi) is 3.00. The van der Waals surface area contributed by atoms with Gasteiger partial charge < -0.3 is 10.1 Å². The molecule has 1 aliphatic rings. The minimum atomic E-state index is 0.540. The van der Waals surface area contributed by atoms with Gasteiger partial charge in [0.15, 0.2) is 0 Å². The fraction of sp³-hybridized carbons (Fsp3) is 0.444. The van der Waals surface area contributed by atoms with Crippen LogP contribution in [0.25, 0.3) is 0 Å². The van der Waals surface area contributed by atoms with E-state index in [4.69, 9.17) is 4.74 Å². The zero-order chi connectivity index (χ0) is 9.10. The molecule has 1 aromatic rings. The molecule has 1 atom stereocenters. The van der Waals surface area contributed by atoms with Crippen LogP contribution in [0.3, 0.4) is 0 Å². The predicted octanol–water partition coefficient (Wildman–Crippen LogP) is 1.43. The molecule has 0 saturated carbocycles. The van der Waals surface area contributed by atoms with Crippen LogP contribution in [0.2, 0.25) is 0 Å². The van der Waals surface area contributed by atoms with Gasteiger partial charge in [-0.1, -0.05) is 0 Å². The van der Waals surface area contributed by atoms with Crippen molar-refractivity contribution >= 4 is 22.6 Å². The second-order valence-corrected chi connectivity index (χ2v) is 4.34. The number of nitrogens with zero attached hydrogens (tertiary/aromatic N) is 1. The van der Waals surface area contributed by atoms with Crippen LogP contribution in [0.1, 0.15) is 6.42 Å². The maximum absolute atomic E-state index is 5.56. The van der Waals surface area contributed by atoms with Gasteiger partial charge in [0, 0.05) is 15.8 Å². The summed E-state index contributed by atoms with van der Waals surface area (Å²) in [6.07, 6.45) is 4.78. The van der Waals surface area contributed by atoms with E-state index in [0.29, 0.717) is 6.04 Å². The Hall–Kier alpha value is -0.360. The van der Waals surface area contributed by atoms with E-state index in [9.17, 15) is 0 Å². The molecule has 0 spiro atoms. The number of aromatic nitrogens is 1. The quantitative estimate of drug-likeness (QED) is 0.854. The number of hydrogen-bond acceptors (Lipinski definition) is 3. The van der Waals surface area contributed by atoms with Crippen LogP contribution in [-0.2, 0) is 0 Å². The van der Waals surface area contributed by atoms with Crippen LogP contribution in [0, 0.1) is 3.57 Å². The highest BCUT2D eigenvalue weighted by Gasteiger charge is 2.16. The third kappa shape index (κ3) is 2.54. The Labute approximate surface area is 91.0 Å². The van der Waals surface area contributed by atoms with E-state index in [-0.39, 0.29) is 0 Å². The molecule has 1 aromatic heterocycles. The van der Waals surface area contributed by atoms with Crippen LogP contribution in [0.4, 0.5) is 0 Å². The normalized spacial score (nSPS) is 20.8. The maximum atomic E-state index is 5.56. The fourth-order valence-electron chi connectivity index (χ4n) is 1.16. The smallest absolute Gasteiger partial charge is 0.138 e. The number of ether oxygens (including phenoxy) is 1. The molecule has 1 saturated heterocycles. The molecule has 13 heavy (non-hydrogen) atoms. The number of rotatable bonds is 3. The van der Waals surface area contributed by atoms with E-state index in [1.54, 1.807) is 6.20 Å². The lowest BCUT2D eigenvalue weighted by Gasteiger charge is -2.27. The predicted molar refractivity (Wildman–Crippen MR) is 58.9 cm³/mol. The summed E-state index contributed by atoms with van der Waals surface area (Å²) in [5, 5.41) is 3.28. The Morgan fingerprint density at radius 2 is 2.46 bits per heavy atom. The molecule has 1 N–H and O–H groups in total. The lowest BCUT2D eigenvalue weighted by Crippen LogP contribution is -2.46. The number of nitrogens with one attached hydrogen (secondary N) is 1. The number of halogens is 1. The summed E-state index contributed by atoms with van der Waals surface area (Å²) in [6, 6.07) is 2.53. The van der Waals surface area contributed by atoms with Crippen LogP contribution in [0.5, 0.6) is 5.75 Å². The molecular formula is C9H11IN2O. The summed E-state index contributed by atoms with van der Waals surface area (Å²) < 4.78 is 6.67. The zero-order valence-electron chi connectivity index (χ0n) is 7.16. The highest BCUT2D eigenvalue weighted by Crippen LogP contribution is 2.14. The average molecular weight is 288 g/mol. The van der Waals surface area contributed by atoms with Crippen molar-refractivity contribution in [1.29, 1.82) is 0 Å². The van der Waals surface area contributed by atoms with Gasteiger partial charge in [0.2, 0.25) is 0 Å². The van der Waals surface area contributed by atoms with E-state index < -0.39 is 0 Å². The van der Waals surface area contributed by atoms with Gasteiger partial charge in [0.05, 0.1) is 6.20 Å². The molecule has 3 nitrogen and oxygen atoms in total. The Balaban J connectivity index is 1.86. The first kappa shape index (κ1) is 9.21. The molecule has 0 aromatic carbocycles. The second kappa shape index (κ2) is 4.23. The van der Waals surface area contributed by atoms with Crippen LogP contribution >= 0.6 is 22.6 Å². The van der Waals surface area contributed by atoms with Crippen molar-refractivity contribution in [2.24, 2.45) is 0 Å². The topological polar surface area (TPSA) is 34.1 Å². The van der Waals surface area contributed by atoms with E-state index in [0.717, 1.165) is 22.5 Å². The SMILES string of the molecule is [125I]c1cncc(OC[C@@H]2CCN2)c1. The fourth-order valence-corrected chi connectivity index (χ4v) is 1.63. The molecule has 4 heteroatoms. The largest absolute Gasteiger partial charge is 0.490 e. The lowest BCUT2D eigenvalue weighted by atomic mass is 10.1. The third-order valence-corrected chi connectivity index (χ3v) is 2.65. The Bertz CT molecular complexity index is 289. The molecule has 0 amide bonds. The molecule has 1 aliphatic heterocycles. The summed E-state index contributed by atoms with van der Waals surface area (Å²) in [7, 11) is 0. The zero-order valence-corrected chi connectivity index (χ0v) is 9.32. The molecule has 0 radical (unpaired) electrons. The number of hydrogen-bond donors (Lipinski definition) is 1. The molecular weight excluding hydrogens is 277 g/mol. The van der Waals surface area contributed by atoms with Gasteiger partial charge in [0.25, 0.3) is 0 Å². The summed E-state index contributed by atoms with van der Waals surface area (Å²) >= 11 is 2.23. The van der Waals surface area contributed by atoms with E-state index in [1.165, 1.54) is 6.42 Å². The molecule has 0 aliphatic carbocycles. The molecule has 1 fully saturated rings. The number of pyridine rings is 1. The highest BCUT2D eigenvalue weighted by molar-refractivity contribution is 14.1. The van der Waals surface area contributed by atoms with Gasteiger partial charge in [-0.2, -0.15) is 0 Å². The average Bonchev–Trinajstić information content (AvgIpc) is 2.01. The molecule has 70 valence electrons. The summed E-state index contributed by atoms with van der Waals surface area (Å²) in [5.41, 5.74) is 0. The van der Waals surface area contributed by atoms with Crippen molar-refractivity contribution in [3.8, 4) is 5.75 Å². The Morgan fingerprint density at radius 1 is 1.62 bits per heavy atom. The van der Waals surface area contributed by atoms with E-state index in [1.807, 2.05) is 12.3 Å². The van der Waals surface area contributed by atoms with Crippen molar-refractivity contribution in [3.63, 3.8) is 0 Å². The first-order valence-electron chi connectivity index (χ1n) is 4.31. The van der Waals surface area contributed by atoms with Crippen LogP contribution in [0.15, 0.2) is 18.5 Å². The minimum Gasteiger partial charge on any atom is -0.490 e.